The summed E-state index contributed by atoms with van der Waals surface area (Å²) in [5, 5.41) is 11.6. The Balaban J connectivity index is 1.92. The van der Waals surface area contributed by atoms with Crippen LogP contribution in [-0.4, -0.2) is 57.8 Å². The number of hydrogen-bond donors (Lipinski definition) is 1. The van der Waals surface area contributed by atoms with Crippen LogP contribution in [0.5, 0.6) is 0 Å². The highest BCUT2D eigenvalue weighted by Crippen LogP contribution is 2.31. The van der Waals surface area contributed by atoms with E-state index < -0.39 is 11.5 Å². The first-order valence-electron chi connectivity index (χ1n) is 7.14. The summed E-state index contributed by atoms with van der Waals surface area (Å²) >= 11 is 1.52. The summed E-state index contributed by atoms with van der Waals surface area (Å²) in [6, 6.07) is 0. The van der Waals surface area contributed by atoms with Gasteiger partial charge in [0.15, 0.2) is 0 Å². The van der Waals surface area contributed by atoms with Gasteiger partial charge in [0, 0.05) is 37.9 Å². The second kappa shape index (κ2) is 6.12. The maximum atomic E-state index is 13.2. The quantitative estimate of drug-likeness (QED) is 0.863. The first-order chi connectivity index (χ1) is 9.68. The molecule has 0 aromatic rings. The third-order valence-corrected chi connectivity index (χ3v) is 4.61. The van der Waals surface area contributed by atoms with Gasteiger partial charge < -0.3 is 14.9 Å². The van der Waals surface area contributed by atoms with Crippen LogP contribution in [0, 0.1) is 0 Å². The molecule has 21 heavy (non-hydrogen) atoms. The van der Waals surface area contributed by atoms with E-state index in [0.717, 1.165) is 0 Å². The Morgan fingerprint density at radius 2 is 2.05 bits per heavy atom. The van der Waals surface area contributed by atoms with E-state index in [4.69, 9.17) is 0 Å². The van der Waals surface area contributed by atoms with E-state index in [0.29, 0.717) is 24.5 Å². The molecule has 7 heteroatoms. The van der Waals surface area contributed by atoms with Crippen molar-refractivity contribution in [3.8, 4) is 0 Å². The van der Waals surface area contributed by atoms with Gasteiger partial charge in [0.1, 0.15) is 5.70 Å². The Kier molecular flexibility index (Phi) is 4.82. The van der Waals surface area contributed by atoms with Crippen molar-refractivity contribution in [2.24, 2.45) is 0 Å². The van der Waals surface area contributed by atoms with E-state index in [-0.39, 0.29) is 31.8 Å². The minimum Gasteiger partial charge on any atom is -0.390 e. The maximum Gasteiger partial charge on any atom is 0.270 e. The van der Waals surface area contributed by atoms with E-state index in [1.54, 1.807) is 19.3 Å². The largest absolute Gasteiger partial charge is 0.390 e. The number of aliphatic hydroxyl groups is 1. The van der Waals surface area contributed by atoms with Gasteiger partial charge >= 0.3 is 0 Å². The summed E-state index contributed by atoms with van der Waals surface area (Å²) in [7, 11) is 0. The average molecular weight is 320 g/mol. The Labute approximate surface area is 128 Å². The van der Waals surface area contributed by atoms with Crippen LogP contribution in [0.1, 0.15) is 33.1 Å². The molecule has 0 radical (unpaired) electrons. The summed E-state index contributed by atoms with van der Waals surface area (Å²) < 4.78 is 26.3. The fourth-order valence-corrected chi connectivity index (χ4v) is 3.26. The van der Waals surface area contributed by atoms with Gasteiger partial charge in [0.05, 0.1) is 11.5 Å². The molecule has 1 fully saturated rings. The predicted molar refractivity (Wildman–Crippen MR) is 78.9 cm³/mol. The molecule has 0 aliphatic carbocycles. The van der Waals surface area contributed by atoms with Crippen molar-refractivity contribution >= 4 is 17.7 Å². The van der Waals surface area contributed by atoms with Gasteiger partial charge in [-0.25, -0.2) is 8.78 Å². The molecule has 2 aliphatic rings. The van der Waals surface area contributed by atoms with Crippen molar-refractivity contribution < 1.29 is 18.7 Å². The summed E-state index contributed by atoms with van der Waals surface area (Å²) in [4.78, 5) is 15.9. The number of nitrogens with zero attached hydrogens (tertiary/aromatic N) is 2. The lowest BCUT2D eigenvalue weighted by Gasteiger charge is -2.34. The maximum absolute atomic E-state index is 13.2. The number of likely N-dealkylation sites (tertiary alicyclic amines) is 1. The van der Waals surface area contributed by atoms with Gasteiger partial charge in [-0.05, 0) is 20.3 Å². The Morgan fingerprint density at radius 1 is 1.43 bits per heavy atom. The van der Waals surface area contributed by atoms with Crippen molar-refractivity contribution in [2.75, 3.05) is 25.5 Å². The fourth-order valence-electron chi connectivity index (χ4n) is 2.33. The first kappa shape index (κ1) is 16.5. The van der Waals surface area contributed by atoms with Crippen LogP contribution in [0.2, 0.25) is 0 Å². The second-order valence-corrected chi connectivity index (χ2v) is 7.10. The monoisotopic (exact) mass is 320 g/mol. The fraction of sp³-hybridized carbons (Fsp3) is 0.786. The number of alkyl halides is 2. The van der Waals surface area contributed by atoms with E-state index >= 15 is 0 Å². The van der Waals surface area contributed by atoms with Crippen LogP contribution in [0.4, 0.5) is 8.78 Å². The lowest BCUT2D eigenvalue weighted by Crippen LogP contribution is -2.45. The molecule has 0 aromatic carbocycles. The SMILES string of the molecule is CC(C)(O)CCN1CSC=C1C(=O)N1CCC(F)(F)CC1. The molecule has 0 unspecified atom stereocenters. The summed E-state index contributed by atoms with van der Waals surface area (Å²) in [6.45, 7) is 4.25. The molecule has 0 aromatic heterocycles. The molecule has 4 nitrogen and oxygen atoms in total. The molecule has 0 saturated carbocycles. The molecule has 0 atom stereocenters. The number of piperidine rings is 1. The van der Waals surface area contributed by atoms with Crippen molar-refractivity contribution in [3.63, 3.8) is 0 Å². The number of rotatable bonds is 4. The molecule has 1 amide bonds. The third kappa shape index (κ3) is 4.57. The topological polar surface area (TPSA) is 43.8 Å². The molecule has 0 spiro atoms. The standard InChI is InChI=1S/C14H22F2N2O2S/c1-13(2,20)3-6-18-10-21-9-11(18)12(19)17-7-4-14(15,16)5-8-17/h9,20H,3-8,10H2,1-2H3. The average Bonchev–Trinajstić information content (AvgIpc) is 2.83. The highest BCUT2D eigenvalue weighted by molar-refractivity contribution is 8.02. The number of thioether (sulfide) groups is 1. The number of halogens is 2. The Bertz CT molecular complexity index is 425. The van der Waals surface area contributed by atoms with E-state index in [1.165, 1.54) is 16.7 Å². The molecule has 1 N–H and O–H groups in total. The Morgan fingerprint density at radius 3 is 2.62 bits per heavy atom. The highest BCUT2D eigenvalue weighted by atomic mass is 32.2. The first-order valence-corrected chi connectivity index (χ1v) is 8.19. The van der Waals surface area contributed by atoms with Crippen LogP contribution < -0.4 is 0 Å². The molecular weight excluding hydrogens is 298 g/mol. The molecule has 120 valence electrons. The van der Waals surface area contributed by atoms with E-state index in [1.807, 2.05) is 4.90 Å². The highest BCUT2D eigenvalue weighted by Gasteiger charge is 2.37. The normalized spacial score (nSPS) is 22.4. The molecule has 0 bridgehead atoms. The second-order valence-electron chi connectivity index (χ2n) is 6.27. The van der Waals surface area contributed by atoms with Gasteiger partial charge in [-0.2, -0.15) is 0 Å². The number of amides is 1. The van der Waals surface area contributed by atoms with Crippen LogP contribution in [0.3, 0.4) is 0 Å². The van der Waals surface area contributed by atoms with Crippen molar-refractivity contribution in [1.82, 2.24) is 9.80 Å². The minimum absolute atomic E-state index is 0.104. The smallest absolute Gasteiger partial charge is 0.270 e. The number of carbonyl (C=O) groups excluding carboxylic acids is 1. The molecule has 2 rings (SSSR count). The number of hydrogen-bond acceptors (Lipinski definition) is 4. The van der Waals surface area contributed by atoms with Gasteiger partial charge in [-0.1, -0.05) is 0 Å². The summed E-state index contributed by atoms with van der Waals surface area (Å²) in [5.74, 6) is -2.15. The van der Waals surface area contributed by atoms with E-state index in [9.17, 15) is 18.7 Å². The molecule has 2 aliphatic heterocycles. The van der Waals surface area contributed by atoms with Crippen LogP contribution in [0.15, 0.2) is 11.1 Å². The van der Waals surface area contributed by atoms with Crippen LogP contribution >= 0.6 is 11.8 Å². The summed E-state index contributed by atoms with van der Waals surface area (Å²) in [5.41, 5.74) is -0.219. The van der Waals surface area contributed by atoms with Crippen LogP contribution in [-0.2, 0) is 4.79 Å². The summed E-state index contributed by atoms with van der Waals surface area (Å²) in [6.07, 6.45) is 0.0297. The lowest BCUT2D eigenvalue weighted by molar-refractivity contribution is -0.134. The van der Waals surface area contributed by atoms with Crippen molar-refractivity contribution in [1.29, 1.82) is 0 Å². The van der Waals surface area contributed by atoms with Gasteiger partial charge in [-0.3, -0.25) is 4.79 Å². The predicted octanol–water partition coefficient (Wildman–Crippen LogP) is 2.25. The van der Waals surface area contributed by atoms with Crippen molar-refractivity contribution in [3.05, 3.63) is 11.1 Å². The van der Waals surface area contributed by atoms with Crippen molar-refractivity contribution in [2.45, 2.75) is 44.6 Å². The van der Waals surface area contributed by atoms with Crippen LogP contribution in [0.25, 0.3) is 0 Å². The zero-order valence-electron chi connectivity index (χ0n) is 12.4. The zero-order chi connectivity index (χ0) is 15.7. The molecule has 2 heterocycles. The Hall–Kier alpha value is -0.820. The van der Waals surface area contributed by atoms with Gasteiger partial charge in [0.2, 0.25) is 0 Å². The molecule has 1 saturated heterocycles. The van der Waals surface area contributed by atoms with E-state index in [2.05, 4.69) is 0 Å². The van der Waals surface area contributed by atoms with Gasteiger partial charge in [-0.15, -0.1) is 11.8 Å². The zero-order valence-corrected chi connectivity index (χ0v) is 13.3. The number of carbonyl (C=O) groups is 1. The third-order valence-electron chi connectivity index (χ3n) is 3.76. The minimum atomic E-state index is -2.64. The van der Waals surface area contributed by atoms with Gasteiger partial charge in [0.25, 0.3) is 11.8 Å². The molecular formula is C14H22F2N2O2S. The lowest BCUT2D eigenvalue weighted by atomic mass is 10.1.